The molecule has 0 spiro atoms. The highest BCUT2D eigenvalue weighted by Gasteiger charge is 2.29. The van der Waals surface area contributed by atoms with Gasteiger partial charge in [0, 0.05) is 25.1 Å². The number of hydrogen-bond acceptors (Lipinski definition) is 3. The average Bonchev–Trinajstić information content (AvgIpc) is 2.15. The van der Waals surface area contributed by atoms with Gasteiger partial charge in [-0.3, -0.25) is 4.79 Å². The van der Waals surface area contributed by atoms with E-state index in [4.69, 9.17) is 10.5 Å². The number of ether oxygens (including phenoxy) is 1. The van der Waals surface area contributed by atoms with Crippen LogP contribution in [0.1, 0.15) is 47.0 Å². The molecule has 4 nitrogen and oxygen atoms in total. The van der Waals surface area contributed by atoms with Crippen LogP contribution in [0.15, 0.2) is 0 Å². The van der Waals surface area contributed by atoms with Gasteiger partial charge in [0.25, 0.3) is 0 Å². The molecular weight excluding hydrogens is 216 g/mol. The third kappa shape index (κ3) is 5.04. The molecule has 1 aliphatic rings. The van der Waals surface area contributed by atoms with Crippen molar-refractivity contribution in [3.8, 4) is 0 Å². The number of carbonyl (C=O) groups excluding carboxylic acids is 1. The molecule has 1 rings (SSSR count). The Morgan fingerprint density at radius 1 is 1.53 bits per heavy atom. The van der Waals surface area contributed by atoms with E-state index in [1.807, 2.05) is 13.8 Å². The maximum Gasteiger partial charge on any atom is 0.221 e. The van der Waals surface area contributed by atoms with Crippen LogP contribution < -0.4 is 11.1 Å². The fourth-order valence-corrected chi connectivity index (χ4v) is 2.09. The normalized spacial score (nSPS) is 25.6. The molecule has 17 heavy (non-hydrogen) atoms. The van der Waals surface area contributed by atoms with Gasteiger partial charge in [0.15, 0.2) is 0 Å². The molecule has 1 saturated heterocycles. The quantitative estimate of drug-likeness (QED) is 0.784. The van der Waals surface area contributed by atoms with Gasteiger partial charge >= 0.3 is 0 Å². The highest BCUT2D eigenvalue weighted by molar-refractivity contribution is 5.76. The van der Waals surface area contributed by atoms with Gasteiger partial charge in [0.1, 0.15) is 0 Å². The molecule has 1 aliphatic heterocycles. The molecule has 1 amide bonds. The van der Waals surface area contributed by atoms with Gasteiger partial charge in [0.05, 0.1) is 5.60 Å². The molecule has 0 radical (unpaired) electrons. The first-order valence-corrected chi connectivity index (χ1v) is 6.49. The van der Waals surface area contributed by atoms with Crippen molar-refractivity contribution in [2.75, 3.05) is 6.61 Å². The fourth-order valence-electron chi connectivity index (χ4n) is 2.09. The first kappa shape index (κ1) is 14.5. The second-order valence-corrected chi connectivity index (χ2v) is 5.98. The molecule has 2 unspecified atom stereocenters. The van der Waals surface area contributed by atoms with Crippen molar-refractivity contribution in [2.45, 2.75) is 64.6 Å². The van der Waals surface area contributed by atoms with Crippen LogP contribution in [0, 0.1) is 5.92 Å². The SMILES string of the molecule is CC(C)C(N)CC(=O)NC1CCOC(C)(C)C1. The Balaban J connectivity index is 2.36. The summed E-state index contributed by atoms with van der Waals surface area (Å²) in [5.41, 5.74) is 5.76. The number of carbonyl (C=O) groups is 1. The number of nitrogens with one attached hydrogen (secondary N) is 1. The predicted octanol–water partition coefficient (Wildman–Crippen LogP) is 1.43. The molecule has 100 valence electrons. The molecular formula is C13H26N2O2. The fraction of sp³-hybridized carbons (Fsp3) is 0.923. The van der Waals surface area contributed by atoms with E-state index in [1.54, 1.807) is 0 Å². The molecule has 0 bridgehead atoms. The van der Waals surface area contributed by atoms with Crippen molar-refractivity contribution in [3.63, 3.8) is 0 Å². The second-order valence-electron chi connectivity index (χ2n) is 5.98. The standard InChI is InChI=1S/C13H26N2O2/c1-9(2)11(14)7-12(16)15-10-5-6-17-13(3,4)8-10/h9-11H,5-8,14H2,1-4H3,(H,15,16). The summed E-state index contributed by atoms with van der Waals surface area (Å²) in [6.07, 6.45) is 2.18. The van der Waals surface area contributed by atoms with Gasteiger partial charge < -0.3 is 15.8 Å². The van der Waals surface area contributed by atoms with Crippen LogP contribution in [0.2, 0.25) is 0 Å². The summed E-state index contributed by atoms with van der Waals surface area (Å²) >= 11 is 0. The summed E-state index contributed by atoms with van der Waals surface area (Å²) < 4.78 is 5.62. The van der Waals surface area contributed by atoms with Crippen molar-refractivity contribution in [2.24, 2.45) is 11.7 Å². The van der Waals surface area contributed by atoms with Crippen LogP contribution in [-0.2, 0) is 9.53 Å². The zero-order chi connectivity index (χ0) is 13.1. The molecule has 0 aliphatic carbocycles. The van der Waals surface area contributed by atoms with E-state index in [-0.39, 0.29) is 23.6 Å². The predicted molar refractivity (Wildman–Crippen MR) is 68.6 cm³/mol. The molecule has 0 aromatic rings. The van der Waals surface area contributed by atoms with Crippen LogP contribution in [-0.4, -0.2) is 30.2 Å². The molecule has 4 heteroatoms. The zero-order valence-corrected chi connectivity index (χ0v) is 11.5. The lowest BCUT2D eigenvalue weighted by molar-refractivity contribution is -0.124. The lowest BCUT2D eigenvalue weighted by Gasteiger charge is -2.36. The molecule has 0 aromatic heterocycles. The van der Waals surface area contributed by atoms with E-state index in [0.717, 1.165) is 12.8 Å². The average molecular weight is 242 g/mol. The van der Waals surface area contributed by atoms with Gasteiger partial charge in [-0.05, 0) is 32.6 Å². The van der Waals surface area contributed by atoms with Gasteiger partial charge in [-0.1, -0.05) is 13.8 Å². The molecule has 0 saturated carbocycles. The minimum absolute atomic E-state index is 0.0529. The van der Waals surface area contributed by atoms with Gasteiger partial charge in [-0.15, -0.1) is 0 Å². The Morgan fingerprint density at radius 2 is 2.18 bits per heavy atom. The maximum absolute atomic E-state index is 11.8. The molecule has 1 fully saturated rings. The van der Waals surface area contributed by atoms with Crippen molar-refractivity contribution in [3.05, 3.63) is 0 Å². The highest BCUT2D eigenvalue weighted by atomic mass is 16.5. The van der Waals surface area contributed by atoms with Gasteiger partial charge in [0.2, 0.25) is 5.91 Å². The lowest BCUT2D eigenvalue weighted by atomic mass is 9.93. The topological polar surface area (TPSA) is 64.4 Å². The Morgan fingerprint density at radius 3 is 2.71 bits per heavy atom. The monoisotopic (exact) mass is 242 g/mol. The zero-order valence-electron chi connectivity index (χ0n) is 11.5. The summed E-state index contributed by atoms with van der Waals surface area (Å²) in [5, 5.41) is 3.06. The van der Waals surface area contributed by atoms with E-state index < -0.39 is 0 Å². The first-order chi connectivity index (χ1) is 7.80. The number of nitrogens with two attached hydrogens (primary N) is 1. The highest BCUT2D eigenvalue weighted by Crippen LogP contribution is 2.23. The Hall–Kier alpha value is -0.610. The van der Waals surface area contributed by atoms with Crippen molar-refractivity contribution in [1.82, 2.24) is 5.32 Å². The van der Waals surface area contributed by atoms with Crippen LogP contribution in [0.4, 0.5) is 0 Å². The Labute approximate surface area is 104 Å². The minimum Gasteiger partial charge on any atom is -0.375 e. The van der Waals surface area contributed by atoms with E-state index in [1.165, 1.54) is 0 Å². The van der Waals surface area contributed by atoms with Crippen LogP contribution in [0.25, 0.3) is 0 Å². The van der Waals surface area contributed by atoms with Crippen LogP contribution >= 0.6 is 0 Å². The van der Waals surface area contributed by atoms with E-state index >= 15 is 0 Å². The first-order valence-electron chi connectivity index (χ1n) is 6.49. The van der Waals surface area contributed by atoms with Gasteiger partial charge in [-0.2, -0.15) is 0 Å². The Kier molecular flexibility index (Phi) is 4.95. The number of hydrogen-bond donors (Lipinski definition) is 2. The number of amides is 1. The number of rotatable bonds is 4. The second kappa shape index (κ2) is 5.83. The summed E-state index contributed by atoms with van der Waals surface area (Å²) in [6.45, 7) is 8.91. The van der Waals surface area contributed by atoms with Crippen molar-refractivity contribution < 1.29 is 9.53 Å². The molecule has 0 aromatic carbocycles. The van der Waals surface area contributed by atoms with E-state index in [9.17, 15) is 4.79 Å². The smallest absolute Gasteiger partial charge is 0.221 e. The third-order valence-corrected chi connectivity index (χ3v) is 3.34. The van der Waals surface area contributed by atoms with E-state index in [0.29, 0.717) is 18.9 Å². The van der Waals surface area contributed by atoms with Gasteiger partial charge in [-0.25, -0.2) is 0 Å². The molecule has 3 N–H and O–H groups in total. The summed E-state index contributed by atoms with van der Waals surface area (Å²) in [6, 6.07) is 0.175. The summed E-state index contributed by atoms with van der Waals surface area (Å²) in [7, 11) is 0. The summed E-state index contributed by atoms with van der Waals surface area (Å²) in [4.78, 5) is 11.8. The third-order valence-electron chi connectivity index (χ3n) is 3.34. The summed E-state index contributed by atoms with van der Waals surface area (Å²) in [5.74, 6) is 0.404. The lowest BCUT2D eigenvalue weighted by Crippen LogP contribution is -2.47. The van der Waals surface area contributed by atoms with Crippen LogP contribution in [0.3, 0.4) is 0 Å². The Bertz CT molecular complexity index is 264. The maximum atomic E-state index is 11.8. The van der Waals surface area contributed by atoms with Crippen molar-refractivity contribution >= 4 is 5.91 Å². The molecule has 2 atom stereocenters. The largest absolute Gasteiger partial charge is 0.375 e. The van der Waals surface area contributed by atoms with Crippen LogP contribution in [0.5, 0.6) is 0 Å². The molecule has 1 heterocycles. The van der Waals surface area contributed by atoms with E-state index in [2.05, 4.69) is 19.2 Å². The minimum atomic E-state index is -0.129. The van der Waals surface area contributed by atoms with Crippen molar-refractivity contribution in [1.29, 1.82) is 0 Å².